The zero-order chi connectivity index (χ0) is 42.1. The zero-order valence-corrected chi connectivity index (χ0v) is 37.5. The van der Waals surface area contributed by atoms with Gasteiger partial charge in [0.1, 0.15) is 13.2 Å². The van der Waals surface area contributed by atoms with Crippen LogP contribution in [0.5, 0.6) is 0 Å². The molecule has 0 aromatic heterocycles. The molecule has 0 aliphatic carbocycles. The summed E-state index contributed by atoms with van der Waals surface area (Å²) in [4.78, 5) is 37.0. The van der Waals surface area contributed by atoms with Crippen LogP contribution in [0, 0.1) is 0 Å². The van der Waals surface area contributed by atoms with E-state index < -0.39 is 24.3 Å². The van der Waals surface area contributed by atoms with E-state index in [9.17, 15) is 19.5 Å². The van der Waals surface area contributed by atoms with Gasteiger partial charge in [-0.15, -0.1) is 0 Å². The van der Waals surface area contributed by atoms with Crippen molar-refractivity contribution in [3.63, 3.8) is 0 Å². The Morgan fingerprint density at radius 3 is 1.44 bits per heavy atom. The minimum Gasteiger partial charge on any atom is -0.545 e. The van der Waals surface area contributed by atoms with E-state index in [4.69, 9.17) is 18.9 Å². The molecule has 2 unspecified atom stereocenters. The van der Waals surface area contributed by atoms with Crippen LogP contribution >= 0.6 is 0 Å². The number of allylic oxidation sites excluding steroid dienone is 6. The Balaban J connectivity index is 4.44. The lowest BCUT2D eigenvalue weighted by Gasteiger charge is -2.26. The molecular formula is C48H87NO8. The van der Waals surface area contributed by atoms with Gasteiger partial charge in [0, 0.05) is 12.8 Å². The third kappa shape index (κ3) is 41.5. The number of aliphatic carboxylic acids is 1. The summed E-state index contributed by atoms with van der Waals surface area (Å²) in [5.41, 5.74) is 0. The van der Waals surface area contributed by atoms with E-state index in [1.165, 1.54) is 89.9 Å². The maximum Gasteiger partial charge on any atom is 0.306 e. The average molecular weight is 806 g/mol. The van der Waals surface area contributed by atoms with Crippen molar-refractivity contribution in [2.75, 3.05) is 47.5 Å². The molecule has 0 spiro atoms. The molecule has 0 saturated heterocycles. The number of carboxylic acids is 1. The van der Waals surface area contributed by atoms with Crippen molar-refractivity contribution < 1.29 is 42.9 Å². The first kappa shape index (κ1) is 54.5. The fraction of sp³-hybridized carbons (Fsp3) is 0.812. The number of carbonyl (C=O) groups excluding carboxylic acids is 3. The van der Waals surface area contributed by atoms with Crippen LogP contribution in [-0.2, 0) is 33.3 Å². The summed E-state index contributed by atoms with van der Waals surface area (Å²) < 4.78 is 22.5. The molecule has 57 heavy (non-hydrogen) atoms. The van der Waals surface area contributed by atoms with E-state index in [1.807, 2.05) is 21.1 Å². The molecule has 0 rings (SSSR count). The minimum atomic E-state index is -1.62. The number of unbranched alkanes of at least 4 members (excludes halogenated alkanes) is 21. The molecule has 0 aromatic rings. The number of likely N-dealkylation sites (N-methyl/N-ethyl adjacent to an activating group) is 1. The molecule has 0 radical (unpaired) electrons. The van der Waals surface area contributed by atoms with Crippen LogP contribution in [0.3, 0.4) is 0 Å². The molecule has 0 bridgehead atoms. The molecule has 0 amide bonds. The average Bonchev–Trinajstić information content (AvgIpc) is 3.17. The van der Waals surface area contributed by atoms with Gasteiger partial charge in [-0.05, 0) is 70.6 Å². The van der Waals surface area contributed by atoms with E-state index in [-0.39, 0.29) is 38.6 Å². The van der Waals surface area contributed by atoms with Crippen LogP contribution < -0.4 is 5.11 Å². The molecule has 9 nitrogen and oxygen atoms in total. The maximum absolute atomic E-state index is 12.7. The van der Waals surface area contributed by atoms with Crippen molar-refractivity contribution in [2.45, 2.75) is 206 Å². The largest absolute Gasteiger partial charge is 0.545 e. The molecule has 0 fully saturated rings. The molecule has 9 heteroatoms. The number of carboxylic acid groups (broad SMARTS) is 1. The first-order valence-corrected chi connectivity index (χ1v) is 23.1. The van der Waals surface area contributed by atoms with Gasteiger partial charge in [0.05, 0.1) is 40.3 Å². The lowest BCUT2D eigenvalue weighted by atomic mass is 10.1. The normalized spacial score (nSPS) is 13.2. The summed E-state index contributed by atoms with van der Waals surface area (Å²) in [6.07, 6.45) is 41.7. The third-order valence-corrected chi connectivity index (χ3v) is 9.86. The summed E-state index contributed by atoms with van der Waals surface area (Å²) in [6, 6.07) is 0. The van der Waals surface area contributed by atoms with Crippen molar-refractivity contribution in [1.82, 2.24) is 0 Å². The van der Waals surface area contributed by atoms with Gasteiger partial charge >= 0.3 is 11.9 Å². The Labute approximate surface area is 350 Å². The zero-order valence-electron chi connectivity index (χ0n) is 37.5. The summed E-state index contributed by atoms with van der Waals surface area (Å²) in [7, 11) is 5.90. The first-order valence-electron chi connectivity index (χ1n) is 23.1. The number of carbonyl (C=O) groups is 3. The van der Waals surface area contributed by atoms with Crippen LogP contribution in [0.25, 0.3) is 0 Å². The fourth-order valence-corrected chi connectivity index (χ4v) is 6.21. The van der Waals surface area contributed by atoms with Gasteiger partial charge in [-0.1, -0.05) is 147 Å². The van der Waals surface area contributed by atoms with Crippen molar-refractivity contribution >= 4 is 17.9 Å². The third-order valence-electron chi connectivity index (χ3n) is 9.86. The summed E-state index contributed by atoms with van der Waals surface area (Å²) in [5, 5.41) is 11.7. The second-order valence-corrected chi connectivity index (χ2v) is 16.7. The molecule has 0 aromatic carbocycles. The number of hydrogen-bond donors (Lipinski definition) is 0. The quantitative estimate of drug-likeness (QED) is 0.0197. The van der Waals surface area contributed by atoms with E-state index in [1.54, 1.807) is 0 Å². The molecule has 332 valence electrons. The van der Waals surface area contributed by atoms with E-state index in [0.29, 0.717) is 17.4 Å². The Morgan fingerprint density at radius 2 is 0.947 bits per heavy atom. The van der Waals surface area contributed by atoms with Crippen molar-refractivity contribution in [3.05, 3.63) is 36.5 Å². The van der Waals surface area contributed by atoms with Gasteiger partial charge in [0.15, 0.2) is 12.4 Å². The van der Waals surface area contributed by atoms with Crippen LogP contribution in [-0.4, -0.2) is 82.3 Å². The molecular weight excluding hydrogens is 719 g/mol. The highest BCUT2D eigenvalue weighted by atomic mass is 16.7. The number of rotatable bonds is 42. The summed E-state index contributed by atoms with van der Waals surface area (Å²) in [6.45, 7) is 4.69. The van der Waals surface area contributed by atoms with Crippen molar-refractivity contribution in [1.29, 1.82) is 0 Å². The molecule has 0 aliphatic heterocycles. The van der Waals surface area contributed by atoms with E-state index in [2.05, 4.69) is 50.3 Å². The predicted molar refractivity (Wildman–Crippen MR) is 232 cm³/mol. The molecule has 0 saturated carbocycles. The Kier molecular flexibility index (Phi) is 38.5. The van der Waals surface area contributed by atoms with Crippen molar-refractivity contribution in [3.8, 4) is 0 Å². The number of hydrogen-bond acceptors (Lipinski definition) is 8. The first-order chi connectivity index (χ1) is 27.6. The monoisotopic (exact) mass is 806 g/mol. The Morgan fingerprint density at radius 1 is 0.526 bits per heavy atom. The van der Waals surface area contributed by atoms with Gasteiger partial charge in [0.25, 0.3) is 0 Å². The number of quaternary nitrogens is 1. The highest BCUT2D eigenvalue weighted by molar-refractivity contribution is 5.70. The smallest absolute Gasteiger partial charge is 0.306 e. The lowest BCUT2D eigenvalue weighted by Crippen LogP contribution is -2.44. The molecule has 2 atom stereocenters. The second-order valence-electron chi connectivity index (χ2n) is 16.7. The van der Waals surface area contributed by atoms with Crippen LogP contribution in [0.2, 0.25) is 0 Å². The van der Waals surface area contributed by atoms with Gasteiger partial charge in [0.2, 0.25) is 0 Å². The topological polar surface area (TPSA) is 111 Å². The fourth-order valence-electron chi connectivity index (χ4n) is 6.21. The predicted octanol–water partition coefficient (Wildman–Crippen LogP) is 10.9. The van der Waals surface area contributed by atoms with E-state index >= 15 is 0 Å². The van der Waals surface area contributed by atoms with Gasteiger partial charge < -0.3 is 33.3 Å². The molecule has 0 heterocycles. The van der Waals surface area contributed by atoms with Crippen LogP contribution in [0.1, 0.15) is 194 Å². The molecule has 0 N–H and O–H groups in total. The SMILES string of the molecule is CCCCC/C=C\C/C=C\CCCCCCCC(=O)OC(COC(=O)CCCCCCCCC/C=C\CCCCCCCC)COC(OCC[N+](C)(C)C)C(=O)[O-]. The standard InChI is InChI=1S/C48H87NO8/c1-6-8-10-12-14-16-18-20-22-23-25-26-28-30-32-34-36-38-45(50)55-42-44(43-56-48(47(52)53)54-41-40-49(3,4)5)57-46(51)39-37-35-33-31-29-27-24-21-19-17-15-13-11-9-7-2/h15,17,20-22,24,44,48H,6-14,16,18-19,23,25-43H2,1-5H3/b17-15-,22-20-,24-21-. The molecule has 0 aliphatic rings. The summed E-state index contributed by atoms with van der Waals surface area (Å²) in [5.74, 6) is -2.31. The highest BCUT2D eigenvalue weighted by Crippen LogP contribution is 2.13. The lowest BCUT2D eigenvalue weighted by molar-refractivity contribution is -0.870. The minimum absolute atomic E-state index is 0.144. The van der Waals surface area contributed by atoms with Crippen molar-refractivity contribution in [2.24, 2.45) is 0 Å². The van der Waals surface area contributed by atoms with Gasteiger partial charge in [-0.3, -0.25) is 9.59 Å². The van der Waals surface area contributed by atoms with Crippen LogP contribution in [0.15, 0.2) is 36.5 Å². The van der Waals surface area contributed by atoms with Crippen LogP contribution in [0.4, 0.5) is 0 Å². The summed E-state index contributed by atoms with van der Waals surface area (Å²) >= 11 is 0. The highest BCUT2D eigenvalue weighted by Gasteiger charge is 2.21. The number of ether oxygens (including phenoxy) is 4. The number of esters is 2. The number of nitrogens with zero attached hydrogens (tertiary/aromatic N) is 1. The Bertz CT molecular complexity index is 1030. The van der Waals surface area contributed by atoms with Gasteiger partial charge in [-0.2, -0.15) is 0 Å². The Hall–Kier alpha value is -2.49. The maximum atomic E-state index is 12.7. The van der Waals surface area contributed by atoms with Gasteiger partial charge in [-0.25, -0.2) is 0 Å². The van der Waals surface area contributed by atoms with E-state index in [0.717, 1.165) is 70.6 Å². The second kappa shape index (κ2) is 40.3.